The van der Waals surface area contributed by atoms with E-state index in [9.17, 15) is 0 Å². The summed E-state index contributed by atoms with van der Waals surface area (Å²) in [6.07, 6.45) is 3.25. The lowest BCUT2D eigenvalue weighted by Gasteiger charge is -2.11. The Bertz CT molecular complexity index is 522. The summed E-state index contributed by atoms with van der Waals surface area (Å²) < 4.78 is 3.29. The Balaban J connectivity index is 2.06. The van der Waals surface area contributed by atoms with Crippen molar-refractivity contribution in [2.24, 2.45) is 0 Å². The summed E-state index contributed by atoms with van der Waals surface area (Å²) in [5.74, 6) is 0. The second-order valence-electron chi connectivity index (χ2n) is 4.17. The maximum absolute atomic E-state index is 6.15. The number of aryl methyl sites for hydroxylation is 1. The molecule has 0 atom stereocenters. The molecule has 0 bridgehead atoms. The first kappa shape index (κ1) is 13.5. The zero-order valence-electron chi connectivity index (χ0n) is 10.3. The Morgan fingerprint density at radius 1 is 1.33 bits per heavy atom. The van der Waals surface area contributed by atoms with Crippen molar-refractivity contribution >= 4 is 33.2 Å². The lowest BCUT2D eigenvalue weighted by atomic mass is 10.3. The third-order valence-corrected chi connectivity index (χ3v) is 3.60. The van der Waals surface area contributed by atoms with Crippen LogP contribution >= 0.6 is 27.5 Å². The minimum atomic E-state index is 0.742. The van der Waals surface area contributed by atoms with Gasteiger partial charge in [-0.2, -0.15) is 0 Å². The molecule has 0 radical (unpaired) electrons. The van der Waals surface area contributed by atoms with E-state index in [1.807, 2.05) is 18.2 Å². The number of nitrogens with one attached hydrogen (secondary N) is 1. The van der Waals surface area contributed by atoms with Crippen LogP contribution in [-0.2, 0) is 13.1 Å². The minimum absolute atomic E-state index is 0.742. The van der Waals surface area contributed by atoms with Crippen LogP contribution in [-0.4, -0.2) is 4.57 Å². The van der Waals surface area contributed by atoms with Crippen LogP contribution in [0.25, 0.3) is 0 Å². The molecule has 0 amide bonds. The Hall–Kier alpha value is -0.930. The van der Waals surface area contributed by atoms with E-state index in [1.165, 1.54) is 5.69 Å². The number of anilines is 1. The van der Waals surface area contributed by atoms with Crippen LogP contribution < -0.4 is 5.32 Å². The van der Waals surface area contributed by atoms with Crippen molar-refractivity contribution in [2.45, 2.75) is 26.4 Å². The van der Waals surface area contributed by atoms with Gasteiger partial charge in [-0.1, -0.05) is 34.5 Å². The molecule has 1 heterocycles. The summed E-state index contributed by atoms with van der Waals surface area (Å²) in [5, 5.41) is 4.11. The topological polar surface area (TPSA) is 17.0 Å². The lowest BCUT2D eigenvalue weighted by Crippen LogP contribution is -2.07. The van der Waals surface area contributed by atoms with Gasteiger partial charge in [0.05, 0.1) is 17.3 Å². The van der Waals surface area contributed by atoms with Crippen LogP contribution in [0.3, 0.4) is 0 Å². The molecule has 1 aromatic carbocycles. The Kier molecular flexibility index (Phi) is 4.72. The predicted octanol–water partition coefficient (Wildman–Crippen LogP) is 4.93. The summed E-state index contributed by atoms with van der Waals surface area (Å²) >= 11 is 9.60. The molecule has 0 saturated heterocycles. The minimum Gasteiger partial charge on any atom is -0.378 e. The number of halogens is 2. The van der Waals surface area contributed by atoms with E-state index in [-0.39, 0.29) is 0 Å². The molecule has 2 rings (SSSR count). The highest BCUT2D eigenvalue weighted by Gasteiger charge is 2.03. The first-order valence-corrected chi connectivity index (χ1v) is 7.20. The molecular formula is C14H16BrClN2. The second kappa shape index (κ2) is 6.30. The van der Waals surface area contributed by atoms with Gasteiger partial charge in [-0.05, 0) is 36.8 Å². The van der Waals surface area contributed by atoms with E-state index in [1.54, 1.807) is 0 Å². The fraction of sp³-hybridized carbons (Fsp3) is 0.286. The Morgan fingerprint density at radius 3 is 2.94 bits per heavy atom. The number of aromatic nitrogens is 1. The zero-order chi connectivity index (χ0) is 13.0. The van der Waals surface area contributed by atoms with Crippen LogP contribution in [0, 0.1) is 0 Å². The zero-order valence-corrected chi connectivity index (χ0v) is 12.6. The Morgan fingerprint density at radius 2 is 2.17 bits per heavy atom. The maximum Gasteiger partial charge on any atom is 0.0638 e. The van der Waals surface area contributed by atoms with Gasteiger partial charge in [0, 0.05) is 22.9 Å². The van der Waals surface area contributed by atoms with Crippen molar-refractivity contribution in [3.8, 4) is 0 Å². The molecule has 0 saturated carbocycles. The van der Waals surface area contributed by atoms with E-state index in [0.717, 1.165) is 34.7 Å². The van der Waals surface area contributed by atoms with E-state index in [4.69, 9.17) is 11.6 Å². The number of nitrogens with zero attached hydrogens (tertiary/aromatic N) is 1. The van der Waals surface area contributed by atoms with Crippen molar-refractivity contribution < 1.29 is 0 Å². The van der Waals surface area contributed by atoms with E-state index in [2.05, 4.69) is 51.1 Å². The van der Waals surface area contributed by atoms with E-state index < -0.39 is 0 Å². The van der Waals surface area contributed by atoms with Crippen molar-refractivity contribution in [3.05, 3.63) is 51.7 Å². The smallest absolute Gasteiger partial charge is 0.0638 e. The molecule has 0 fully saturated rings. The first-order valence-electron chi connectivity index (χ1n) is 6.03. The van der Waals surface area contributed by atoms with Crippen molar-refractivity contribution in [1.82, 2.24) is 4.57 Å². The molecule has 0 aliphatic heterocycles. The molecule has 96 valence electrons. The predicted molar refractivity (Wildman–Crippen MR) is 81.2 cm³/mol. The third-order valence-electron chi connectivity index (χ3n) is 2.78. The van der Waals surface area contributed by atoms with Crippen LogP contribution in [0.1, 0.15) is 19.0 Å². The number of benzene rings is 1. The van der Waals surface area contributed by atoms with Crippen molar-refractivity contribution in [3.63, 3.8) is 0 Å². The summed E-state index contributed by atoms with van der Waals surface area (Å²) in [6.45, 7) is 4.02. The quantitative estimate of drug-likeness (QED) is 0.824. The molecule has 2 nitrogen and oxygen atoms in total. The highest BCUT2D eigenvalue weighted by Crippen LogP contribution is 2.26. The molecule has 2 aromatic rings. The number of hydrogen-bond donors (Lipinski definition) is 1. The van der Waals surface area contributed by atoms with Gasteiger partial charge in [0.1, 0.15) is 0 Å². The average molecular weight is 328 g/mol. The third kappa shape index (κ3) is 3.30. The first-order chi connectivity index (χ1) is 8.70. The monoisotopic (exact) mass is 326 g/mol. The number of hydrogen-bond acceptors (Lipinski definition) is 1. The van der Waals surface area contributed by atoms with Crippen LogP contribution in [0.2, 0.25) is 5.02 Å². The molecule has 1 aromatic heterocycles. The maximum atomic E-state index is 6.15. The van der Waals surface area contributed by atoms with Crippen molar-refractivity contribution in [1.29, 1.82) is 0 Å². The standard InChI is InChI=1S/C14H16BrClN2/c1-2-7-18-8-3-4-12(18)10-17-14-9-11(15)5-6-13(14)16/h3-6,8-9,17H,2,7,10H2,1H3. The summed E-state index contributed by atoms with van der Waals surface area (Å²) in [5.41, 5.74) is 2.23. The molecule has 1 N–H and O–H groups in total. The summed E-state index contributed by atoms with van der Waals surface area (Å²) in [6, 6.07) is 10.0. The van der Waals surface area contributed by atoms with E-state index in [0.29, 0.717) is 0 Å². The fourth-order valence-electron chi connectivity index (χ4n) is 1.89. The Labute approximate surface area is 121 Å². The van der Waals surface area contributed by atoms with E-state index >= 15 is 0 Å². The molecule has 0 aliphatic carbocycles. The average Bonchev–Trinajstić information content (AvgIpc) is 2.78. The van der Waals surface area contributed by atoms with Crippen LogP contribution in [0.15, 0.2) is 41.0 Å². The van der Waals surface area contributed by atoms with Gasteiger partial charge in [-0.15, -0.1) is 0 Å². The van der Waals surface area contributed by atoms with Gasteiger partial charge < -0.3 is 9.88 Å². The van der Waals surface area contributed by atoms with Gasteiger partial charge in [-0.3, -0.25) is 0 Å². The molecule has 18 heavy (non-hydrogen) atoms. The van der Waals surface area contributed by atoms with Gasteiger partial charge in [0.25, 0.3) is 0 Å². The lowest BCUT2D eigenvalue weighted by molar-refractivity contribution is 0.654. The molecule has 0 aliphatic rings. The highest BCUT2D eigenvalue weighted by molar-refractivity contribution is 9.10. The summed E-state index contributed by atoms with van der Waals surface area (Å²) in [7, 11) is 0. The van der Waals surface area contributed by atoms with Gasteiger partial charge in [-0.25, -0.2) is 0 Å². The number of rotatable bonds is 5. The summed E-state index contributed by atoms with van der Waals surface area (Å²) in [4.78, 5) is 0. The molecule has 0 spiro atoms. The van der Waals surface area contributed by atoms with Gasteiger partial charge >= 0.3 is 0 Å². The molecule has 0 unspecified atom stereocenters. The SMILES string of the molecule is CCCn1cccc1CNc1cc(Br)ccc1Cl. The second-order valence-corrected chi connectivity index (χ2v) is 5.49. The van der Waals surface area contributed by atoms with Crippen LogP contribution in [0.5, 0.6) is 0 Å². The fourth-order valence-corrected chi connectivity index (χ4v) is 2.43. The largest absolute Gasteiger partial charge is 0.378 e. The highest BCUT2D eigenvalue weighted by atomic mass is 79.9. The van der Waals surface area contributed by atoms with Crippen LogP contribution in [0.4, 0.5) is 5.69 Å². The van der Waals surface area contributed by atoms with Gasteiger partial charge in [0.2, 0.25) is 0 Å². The van der Waals surface area contributed by atoms with Crippen molar-refractivity contribution in [2.75, 3.05) is 5.32 Å². The molecule has 4 heteroatoms. The normalized spacial score (nSPS) is 10.6. The van der Waals surface area contributed by atoms with Gasteiger partial charge in [0.15, 0.2) is 0 Å². The molecular weight excluding hydrogens is 312 g/mol.